The number of anilines is 1. The zero-order chi connectivity index (χ0) is 18.5. The first-order valence-corrected chi connectivity index (χ1v) is 9.16. The van der Waals surface area contributed by atoms with E-state index in [1.165, 1.54) is 11.3 Å². The minimum Gasteiger partial charge on any atom is -0.508 e. The summed E-state index contributed by atoms with van der Waals surface area (Å²) in [6.07, 6.45) is 0. The van der Waals surface area contributed by atoms with Gasteiger partial charge in [-0.3, -0.25) is 4.79 Å². The van der Waals surface area contributed by atoms with Crippen LogP contribution in [0.1, 0.15) is 41.6 Å². The Morgan fingerprint density at radius 3 is 1.92 bits per heavy atom. The van der Waals surface area contributed by atoms with Crippen LogP contribution in [-0.2, 0) is 10.2 Å². The summed E-state index contributed by atoms with van der Waals surface area (Å²) in [4.78, 5) is 18.0. The van der Waals surface area contributed by atoms with Crippen LogP contribution in [-0.4, -0.2) is 21.1 Å². The maximum absolute atomic E-state index is 13.2. The van der Waals surface area contributed by atoms with Gasteiger partial charge >= 0.3 is 0 Å². The molecule has 0 saturated carbocycles. The highest BCUT2D eigenvalue weighted by Gasteiger charge is 2.52. The average Bonchev–Trinajstić information content (AvgIpc) is 3.13. The second kappa shape index (κ2) is 5.85. The molecule has 5 nitrogen and oxygen atoms in total. The van der Waals surface area contributed by atoms with Crippen molar-refractivity contribution in [2.45, 2.75) is 25.2 Å². The molecule has 0 radical (unpaired) electrons. The minimum absolute atomic E-state index is 0.134. The fourth-order valence-corrected chi connectivity index (χ4v) is 4.37. The number of carbonyl (C=O) groups excluding carboxylic acids is 1. The molecule has 4 rings (SSSR count). The van der Waals surface area contributed by atoms with Gasteiger partial charge in [-0.05, 0) is 35.4 Å². The van der Waals surface area contributed by atoms with Gasteiger partial charge in [0.25, 0.3) is 0 Å². The highest BCUT2D eigenvalue weighted by atomic mass is 32.1. The van der Waals surface area contributed by atoms with E-state index in [0.29, 0.717) is 5.69 Å². The number of aromatic hydroxyl groups is 2. The number of amides is 1. The van der Waals surface area contributed by atoms with E-state index in [9.17, 15) is 15.0 Å². The molecule has 0 unspecified atom stereocenters. The smallest absolute Gasteiger partial charge is 0.246 e. The summed E-state index contributed by atoms with van der Waals surface area (Å²) in [5, 5.41) is 24.0. The largest absolute Gasteiger partial charge is 0.508 e. The molecule has 0 saturated heterocycles. The van der Waals surface area contributed by atoms with Crippen LogP contribution in [0, 0.1) is 0 Å². The number of benzene rings is 2. The molecule has 0 fully saturated rings. The van der Waals surface area contributed by atoms with Crippen molar-refractivity contribution in [3.8, 4) is 11.5 Å². The van der Waals surface area contributed by atoms with Crippen LogP contribution in [0.5, 0.6) is 11.5 Å². The number of nitrogens with zero attached hydrogens (tertiary/aromatic N) is 1. The third-order valence-corrected chi connectivity index (χ3v) is 5.93. The van der Waals surface area contributed by atoms with E-state index >= 15 is 0 Å². The van der Waals surface area contributed by atoms with E-state index in [1.54, 1.807) is 48.5 Å². The zero-order valence-electron chi connectivity index (χ0n) is 14.4. The van der Waals surface area contributed by atoms with Gasteiger partial charge in [-0.1, -0.05) is 38.1 Å². The lowest BCUT2D eigenvalue weighted by Crippen LogP contribution is -2.37. The van der Waals surface area contributed by atoms with Crippen molar-refractivity contribution in [1.29, 1.82) is 0 Å². The first-order chi connectivity index (χ1) is 12.4. The molecule has 0 spiro atoms. The molecule has 1 aliphatic rings. The van der Waals surface area contributed by atoms with Gasteiger partial charge in [-0.2, -0.15) is 0 Å². The van der Waals surface area contributed by atoms with Gasteiger partial charge in [-0.25, -0.2) is 4.98 Å². The lowest BCUT2D eigenvalue weighted by molar-refractivity contribution is -0.118. The van der Waals surface area contributed by atoms with Crippen molar-refractivity contribution in [2.75, 3.05) is 5.32 Å². The Hall–Kier alpha value is -2.86. The Bertz CT molecular complexity index is 930. The molecule has 1 aliphatic heterocycles. The summed E-state index contributed by atoms with van der Waals surface area (Å²) < 4.78 is 0. The van der Waals surface area contributed by atoms with Gasteiger partial charge < -0.3 is 15.5 Å². The maximum Gasteiger partial charge on any atom is 0.246 e. The van der Waals surface area contributed by atoms with Crippen molar-refractivity contribution in [3.05, 3.63) is 70.4 Å². The van der Waals surface area contributed by atoms with Gasteiger partial charge in [0.15, 0.2) is 0 Å². The normalized spacial score (nSPS) is 15.1. The van der Waals surface area contributed by atoms with Crippen LogP contribution in [0.15, 0.2) is 48.5 Å². The number of carbonyl (C=O) groups is 1. The Morgan fingerprint density at radius 1 is 0.962 bits per heavy atom. The molecule has 2 heterocycles. The molecule has 3 N–H and O–H groups in total. The Labute approximate surface area is 155 Å². The first kappa shape index (κ1) is 16.6. The van der Waals surface area contributed by atoms with E-state index in [2.05, 4.69) is 19.2 Å². The van der Waals surface area contributed by atoms with Gasteiger partial charge in [0, 0.05) is 5.92 Å². The number of thiazole rings is 1. The van der Waals surface area contributed by atoms with Crippen LogP contribution < -0.4 is 5.32 Å². The Morgan fingerprint density at radius 2 is 1.46 bits per heavy atom. The monoisotopic (exact) mass is 366 g/mol. The first-order valence-electron chi connectivity index (χ1n) is 8.34. The van der Waals surface area contributed by atoms with Crippen LogP contribution in [0.25, 0.3) is 0 Å². The lowest BCUT2D eigenvalue weighted by Gasteiger charge is -2.27. The predicted octanol–water partition coefficient (Wildman–Crippen LogP) is 3.96. The Kier molecular flexibility index (Phi) is 3.73. The molecule has 132 valence electrons. The van der Waals surface area contributed by atoms with Crippen molar-refractivity contribution in [1.82, 2.24) is 4.98 Å². The van der Waals surface area contributed by atoms with Gasteiger partial charge in [0.1, 0.15) is 27.6 Å². The zero-order valence-corrected chi connectivity index (χ0v) is 15.2. The van der Waals surface area contributed by atoms with Gasteiger partial charge in [-0.15, -0.1) is 11.3 Å². The van der Waals surface area contributed by atoms with E-state index < -0.39 is 5.41 Å². The maximum atomic E-state index is 13.2. The number of phenolic OH excluding ortho intramolecular Hbond substituents is 2. The number of rotatable bonds is 3. The standard InChI is InChI=1S/C20H18N2O3S/c1-11(2)17-21-16-18(26-17)22-19(25)20(16,12-3-7-14(23)8-4-12)13-5-9-15(24)10-6-13/h3-11,23-24H,1-2H3,(H,22,25). The summed E-state index contributed by atoms with van der Waals surface area (Å²) >= 11 is 1.49. The fraction of sp³-hybridized carbons (Fsp3) is 0.200. The van der Waals surface area contributed by atoms with E-state index in [-0.39, 0.29) is 23.3 Å². The predicted molar refractivity (Wildman–Crippen MR) is 101 cm³/mol. The molecule has 1 aromatic heterocycles. The van der Waals surface area contributed by atoms with Crippen molar-refractivity contribution in [2.24, 2.45) is 0 Å². The lowest BCUT2D eigenvalue weighted by atomic mass is 9.73. The number of hydrogen-bond donors (Lipinski definition) is 3. The molecule has 26 heavy (non-hydrogen) atoms. The van der Waals surface area contributed by atoms with Gasteiger partial charge in [0.05, 0.1) is 5.01 Å². The molecule has 0 aliphatic carbocycles. The molecular weight excluding hydrogens is 348 g/mol. The van der Waals surface area contributed by atoms with Crippen LogP contribution in [0.3, 0.4) is 0 Å². The summed E-state index contributed by atoms with van der Waals surface area (Å²) in [5.41, 5.74) is 1.00. The van der Waals surface area contributed by atoms with Crippen LogP contribution in [0.2, 0.25) is 0 Å². The molecule has 6 heteroatoms. The SMILES string of the molecule is CC(C)c1nc2c(s1)NC(=O)C2(c1ccc(O)cc1)c1ccc(O)cc1. The van der Waals surface area contributed by atoms with Crippen LogP contribution in [0.4, 0.5) is 5.00 Å². The molecule has 3 aromatic rings. The molecule has 0 atom stereocenters. The van der Waals surface area contributed by atoms with Crippen molar-refractivity contribution < 1.29 is 15.0 Å². The van der Waals surface area contributed by atoms with Crippen LogP contribution >= 0.6 is 11.3 Å². The molecule has 1 amide bonds. The topological polar surface area (TPSA) is 82.5 Å². The van der Waals surface area contributed by atoms with Gasteiger partial charge in [0.2, 0.25) is 5.91 Å². The molecule has 0 bridgehead atoms. The van der Waals surface area contributed by atoms with Crippen molar-refractivity contribution in [3.63, 3.8) is 0 Å². The fourth-order valence-electron chi connectivity index (χ4n) is 3.35. The third-order valence-electron chi connectivity index (χ3n) is 4.66. The quantitative estimate of drug-likeness (QED) is 0.655. The van der Waals surface area contributed by atoms with E-state index in [1.807, 2.05) is 0 Å². The van der Waals surface area contributed by atoms with Crippen molar-refractivity contribution >= 4 is 22.2 Å². The highest BCUT2D eigenvalue weighted by molar-refractivity contribution is 7.16. The summed E-state index contributed by atoms with van der Waals surface area (Å²) in [6.45, 7) is 4.14. The second-order valence-corrected chi connectivity index (χ2v) is 7.71. The summed E-state index contributed by atoms with van der Waals surface area (Å²) in [7, 11) is 0. The molecule has 2 aromatic carbocycles. The number of aromatic nitrogens is 1. The van der Waals surface area contributed by atoms with E-state index in [0.717, 1.165) is 21.1 Å². The third kappa shape index (κ3) is 2.29. The summed E-state index contributed by atoms with van der Waals surface area (Å²) in [6, 6.07) is 13.2. The van der Waals surface area contributed by atoms with E-state index in [4.69, 9.17) is 4.98 Å². The highest BCUT2D eigenvalue weighted by Crippen LogP contribution is 2.50. The number of fused-ring (bicyclic) bond motifs is 1. The minimum atomic E-state index is -1.11. The molecular formula is C20H18N2O3S. The average molecular weight is 366 g/mol. The number of hydrogen-bond acceptors (Lipinski definition) is 5. The Balaban J connectivity index is 2.02. The number of nitrogens with one attached hydrogen (secondary N) is 1. The summed E-state index contributed by atoms with van der Waals surface area (Å²) in [5.74, 6) is 0.335. The second-order valence-electron chi connectivity index (χ2n) is 6.68. The number of phenols is 2.